The second-order valence-electron chi connectivity index (χ2n) is 8.33. The summed E-state index contributed by atoms with van der Waals surface area (Å²) >= 11 is 0. The minimum atomic E-state index is -4.66. The number of nitrogens with zero attached hydrogens (tertiary/aromatic N) is 6. The molecule has 0 radical (unpaired) electrons. The molecule has 200 valence electrons. The molecule has 0 saturated heterocycles. The van der Waals surface area contributed by atoms with Gasteiger partial charge in [-0.1, -0.05) is 12.1 Å². The fourth-order valence-corrected chi connectivity index (χ4v) is 5.09. The van der Waals surface area contributed by atoms with Gasteiger partial charge in [-0.3, -0.25) is 10.2 Å². The first-order chi connectivity index (χ1) is 18.3. The third-order valence-electron chi connectivity index (χ3n) is 5.84. The average Bonchev–Trinajstić information content (AvgIpc) is 3.29. The molecule has 1 amide bonds. The van der Waals surface area contributed by atoms with Crippen LogP contribution in [0, 0.1) is 22.7 Å². The van der Waals surface area contributed by atoms with E-state index in [-0.39, 0.29) is 44.9 Å². The lowest BCUT2D eigenvalue weighted by Gasteiger charge is -2.34. The van der Waals surface area contributed by atoms with E-state index in [2.05, 4.69) is 20.1 Å². The van der Waals surface area contributed by atoms with Crippen LogP contribution >= 0.6 is 0 Å². The number of allylic oxidation sites excluding steroid dienone is 2. The average molecular weight is 558 g/mol. The number of sulfone groups is 1. The summed E-state index contributed by atoms with van der Waals surface area (Å²) in [4.78, 5) is 17.1. The van der Waals surface area contributed by atoms with Crippen molar-refractivity contribution in [1.82, 2.24) is 14.8 Å². The first kappa shape index (κ1) is 27.2. The fourth-order valence-electron chi connectivity index (χ4n) is 4.14. The lowest BCUT2D eigenvalue weighted by atomic mass is 9.95. The van der Waals surface area contributed by atoms with Crippen LogP contribution in [-0.4, -0.2) is 42.6 Å². The number of anilines is 3. The Kier molecular flexibility index (Phi) is 6.80. The van der Waals surface area contributed by atoms with Crippen LogP contribution in [0.5, 0.6) is 0 Å². The minimum absolute atomic E-state index is 0.0186. The van der Waals surface area contributed by atoms with Gasteiger partial charge in [-0.25, -0.2) is 17.9 Å². The summed E-state index contributed by atoms with van der Waals surface area (Å²) in [6, 6.07) is 10.8. The van der Waals surface area contributed by atoms with Crippen LogP contribution < -0.4 is 10.2 Å². The number of methoxy groups -OCH3 is 1. The van der Waals surface area contributed by atoms with Gasteiger partial charge in [0.25, 0.3) is 5.95 Å². The molecule has 15 heteroatoms. The molecule has 0 spiro atoms. The van der Waals surface area contributed by atoms with Crippen LogP contribution in [0.25, 0.3) is 0 Å². The molecule has 2 heterocycles. The third kappa shape index (κ3) is 4.99. The van der Waals surface area contributed by atoms with E-state index in [1.54, 1.807) is 0 Å². The number of carbonyl (C=O) groups excluding carboxylic acids is 1. The van der Waals surface area contributed by atoms with E-state index >= 15 is 0 Å². The van der Waals surface area contributed by atoms with Crippen LogP contribution in [0.2, 0.25) is 0 Å². The molecule has 1 N–H and O–H groups in total. The van der Waals surface area contributed by atoms with Gasteiger partial charge in [0.1, 0.15) is 6.04 Å². The number of halogens is 3. The first-order valence-corrected chi connectivity index (χ1v) is 12.8. The van der Waals surface area contributed by atoms with Gasteiger partial charge < -0.3 is 4.74 Å². The smallest absolute Gasteiger partial charge is 0.416 e. The molecule has 11 nitrogen and oxygen atoms in total. The summed E-state index contributed by atoms with van der Waals surface area (Å²) < 4.78 is 71.6. The molecule has 39 heavy (non-hydrogen) atoms. The molecular formula is C24H18F3N7O4S. The van der Waals surface area contributed by atoms with Crippen molar-refractivity contribution in [2.24, 2.45) is 0 Å². The van der Waals surface area contributed by atoms with Gasteiger partial charge in [0.2, 0.25) is 5.95 Å². The third-order valence-corrected chi connectivity index (χ3v) is 7.00. The van der Waals surface area contributed by atoms with Crippen LogP contribution in [0.4, 0.5) is 35.5 Å². The molecule has 1 atom stereocenters. The first-order valence-electron chi connectivity index (χ1n) is 10.9. The molecule has 3 aromatic rings. The van der Waals surface area contributed by atoms with Crippen LogP contribution in [0.15, 0.2) is 58.6 Å². The summed E-state index contributed by atoms with van der Waals surface area (Å²) in [5.74, 6) is -0.439. The van der Waals surface area contributed by atoms with Crippen molar-refractivity contribution < 1.29 is 31.1 Å². The van der Waals surface area contributed by atoms with Gasteiger partial charge in [-0.05, 0) is 37.3 Å². The van der Waals surface area contributed by atoms with Crippen molar-refractivity contribution in [3.63, 3.8) is 0 Å². The molecule has 4 rings (SSSR count). The van der Waals surface area contributed by atoms with Crippen molar-refractivity contribution in [1.29, 1.82) is 10.5 Å². The molecule has 1 aliphatic rings. The minimum Gasteiger partial charge on any atom is -0.453 e. The van der Waals surface area contributed by atoms with Crippen molar-refractivity contribution in [2.75, 3.05) is 23.6 Å². The lowest BCUT2D eigenvalue weighted by Crippen LogP contribution is -2.31. The summed E-state index contributed by atoms with van der Waals surface area (Å²) in [7, 11) is -2.85. The van der Waals surface area contributed by atoms with E-state index < -0.39 is 33.7 Å². The highest BCUT2D eigenvalue weighted by Gasteiger charge is 2.39. The number of aromatic nitrogens is 3. The van der Waals surface area contributed by atoms with Crippen molar-refractivity contribution >= 4 is 33.5 Å². The second kappa shape index (κ2) is 9.77. The molecule has 0 unspecified atom stereocenters. The number of hydrogen-bond acceptors (Lipinski definition) is 9. The molecule has 0 saturated carbocycles. The van der Waals surface area contributed by atoms with Crippen LogP contribution in [0.3, 0.4) is 0 Å². The van der Waals surface area contributed by atoms with Gasteiger partial charge in [0, 0.05) is 23.2 Å². The van der Waals surface area contributed by atoms with E-state index in [1.807, 2.05) is 12.1 Å². The van der Waals surface area contributed by atoms with E-state index in [9.17, 15) is 36.9 Å². The number of alkyl halides is 3. The number of fused-ring (bicyclic) bond motifs is 1. The topological polar surface area (TPSA) is 154 Å². The summed E-state index contributed by atoms with van der Waals surface area (Å²) in [5, 5.41) is 26.0. The number of amides is 1. The van der Waals surface area contributed by atoms with Crippen molar-refractivity contribution in [3.8, 4) is 12.1 Å². The Balaban J connectivity index is 2.04. The Morgan fingerprint density at radius 1 is 1.15 bits per heavy atom. The largest absolute Gasteiger partial charge is 0.453 e. The monoisotopic (exact) mass is 557 g/mol. The fraction of sp³-hybridized carbons (Fsp3) is 0.208. The van der Waals surface area contributed by atoms with Crippen molar-refractivity contribution in [2.45, 2.75) is 24.0 Å². The quantitative estimate of drug-likeness (QED) is 0.495. The number of ether oxygens (including phenoxy) is 1. The van der Waals surface area contributed by atoms with E-state index in [1.165, 1.54) is 36.1 Å². The highest BCUT2D eigenvalue weighted by atomic mass is 32.2. The molecule has 1 aromatic heterocycles. The van der Waals surface area contributed by atoms with Gasteiger partial charge in [0.05, 0.1) is 40.8 Å². The predicted molar refractivity (Wildman–Crippen MR) is 130 cm³/mol. The second-order valence-corrected chi connectivity index (χ2v) is 10.3. The molecule has 1 aliphatic heterocycles. The van der Waals surface area contributed by atoms with Gasteiger partial charge >= 0.3 is 12.3 Å². The highest BCUT2D eigenvalue weighted by Crippen LogP contribution is 2.44. The standard InChI is InChI=1S/C24H18F3N7O4S/c1-13-18(12-29)20(17-8-7-14(11-28)9-19(17)39(3,36)37)34-22(30-21(32-34)31-23(35)38-2)33(13)16-6-4-5-15(10-16)24(25,26)27/h4-10,20H,1-3H3,(H,31,32,35)/t20-/m1/s1. The maximum absolute atomic E-state index is 13.5. The zero-order valence-corrected chi connectivity index (χ0v) is 21.3. The molecule has 0 fully saturated rings. The number of carbonyl (C=O) groups is 1. The van der Waals surface area contributed by atoms with Gasteiger partial charge in [0.15, 0.2) is 9.84 Å². The summed E-state index contributed by atoms with van der Waals surface area (Å²) in [5.41, 5.74) is -0.800. The summed E-state index contributed by atoms with van der Waals surface area (Å²) in [6.45, 7) is 1.46. The zero-order chi connectivity index (χ0) is 28.7. The molecule has 0 aliphatic carbocycles. The maximum Gasteiger partial charge on any atom is 0.416 e. The van der Waals surface area contributed by atoms with E-state index in [0.717, 1.165) is 36.2 Å². The molecule has 2 aromatic carbocycles. The summed E-state index contributed by atoms with van der Waals surface area (Å²) in [6.07, 6.45) is -4.68. The Morgan fingerprint density at radius 3 is 2.46 bits per heavy atom. The van der Waals surface area contributed by atoms with Gasteiger partial charge in [-0.15, -0.1) is 5.10 Å². The number of nitrogens with one attached hydrogen (secondary N) is 1. The highest BCUT2D eigenvalue weighted by molar-refractivity contribution is 7.90. The predicted octanol–water partition coefficient (Wildman–Crippen LogP) is 4.29. The van der Waals surface area contributed by atoms with E-state index in [4.69, 9.17) is 0 Å². The Hall–Kier alpha value is -4.89. The van der Waals surface area contributed by atoms with E-state index in [0.29, 0.717) is 0 Å². The normalized spacial score (nSPS) is 15.3. The van der Waals surface area contributed by atoms with Crippen LogP contribution in [0.1, 0.15) is 29.7 Å². The Morgan fingerprint density at radius 2 is 1.87 bits per heavy atom. The molecule has 0 bridgehead atoms. The molecular weight excluding hydrogens is 539 g/mol. The number of rotatable bonds is 4. The number of benzene rings is 2. The maximum atomic E-state index is 13.5. The lowest BCUT2D eigenvalue weighted by molar-refractivity contribution is -0.137. The Labute approximate surface area is 220 Å². The van der Waals surface area contributed by atoms with Crippen LogP contribution in [-0.2, 0) is 20.8 Å². The zero-order valence-electron chi connectivity index (χ0n) is 20.5. The van der Waals surface area contributed by atoms with Crippen molar-refractivity contribution in [3.05, 3.63) is 70.4 Å². The number of nitriles is 2. The Bertz CT molecular complexity index is 1720. The van der Waals surface area contributed by atoms with Gasteiger partial charge in [-0.2, -0.15) is 28.7 Å². The number of hydrogen-bond donors (Lipinski definition) is 1. The SMILES string of the molecule is COC(=O)Nc1nc2n(n1)[C@H](c1ccc(C#N)cc1S(C)(=O)=O)C(C#N)=C(C)N2c1cccc(C(F)(F)F)c1.